The summed E-state index contributed by atoms with van der Waals surface area (Å²) in [5.74, 6) is -0.103. The molecular formula is C24H32ClN3O4S. The summed E-state index contributed by atoms with van der Waals surface area (Å²) in [4.78, 5) is 15.4. The van der Waals surface area contributed by atoms with Gasteiger partial charge in [-0.25, -0.2) is 8.42 Å². The number of carbonyl (C=O) groups excluding carboxylic acids is 1. The van der Waals surface area contributed by atoms with Crippen LogP contribution >= 0.6 is 11.6 Å². The third-order valence-corrected chi connectivity index (χ3v) is 7.27. The molecule has 1 saturated heterocycles. The predicted molar refractivity (Wildman–Crippen MR) is 132 cm³/mol. The van der Waals surface area contributed by atoms with E-state index in [2.05, 4.69) is 22.3 Å². The molecule has 0 aromatic heterocycles. The van der Waals surface area contributed by atoms with E-state index >= 15 is 0 Å². The fourth-order valence-corrected chi connectivity index (χ4v) is 5.43. The van der Waals surface area contributed by atoms with E-state index in [9.17, 15) is 13.2 Å². The van der Waals surface area contributed by atoms with E-state index in [0.717, 1.165) is 35.8 Å². The van der Waals surface area contributed by atoms with Crippen LogP contribution in [-0.2, 0) is 27.9 Å². The van der Waals surface area contributed by atoms with Crippen LogP contribution in [-0.4, -0.2) is 51.7 Å². The number of likely N-dealkylation sites (tertiary alicyclic amines) is 1. The monoisotopic (exact) mass is 493 g/mol. The van der Waals surface area contributed by atoms with Crippen LogP contribution in [0.1, 0.15) is 37.3 Å². The second-order valence-electron chi connectivity index (χ2n) is 8.42. The molecular weight excluding hydrogens is 462 g/mol. The Balaban J connectivity index is 1.66. The van der Waals surface area contributed by atoms with Gasteiger partial charge >= 0.3 is 0 Å². The fraction of sp³-hybridized carbons (Fsp3) is 0.458. The van der Waals surface area contributed by atoms with Gasteiger partial charge in [-0.3, -0.25) is 14.0 Å². The van der Waals surface area contributed by atoms with Crippen molar-refractivity contribution in [3.63, 3.8) is 0 Å². The summed E-state index contributed by atoms with van der Waals surface area (Å²) in [5, 5.41) is 3.19. The van der Waals surface area contributed by atoms with Crippen LogP contribution in [0.3, 0.4) is 0 Å². The van der Waals surface area contributed by atoms with E-state index in [0.29, 0.717) is 17.3 Å². The number of ether oxygens (including phenoxy) is 1. The first kappa shape index (κ1) is 25.3. The molecule has 0 unspecified atom stereocenters. The Labute approximate surface area is 201 Å². The molecule has 1 heterocycles. The summed E-state index contributed by atoms with van der Waals surface area (Å²) in [6.45, 7) is 5.07. The number of benzene rings is 2. The summed E-state index contributed by atoms with van der Waals surface area (Å²) in [5.41, 5.74) is 2.41. The Morgan fingerprint density at radius 2 is 1.76 bits per heavy atom. The normalized spacial score (nSPS) is 15.6. The molecule has 180 valence electrons. The van der Waals surface area contributed by atoms with Gasteiger partial charge in [-0.1, -0.05) is 42.3 Å². The number of halogens is 1. The number of hydrogen-bond acceptors (Lipinski definition) is 5. The van der Waals surface area contributed by atoms with Crippen molar-refractivity contribution >= 4 is 33.2 Å². The molecule has 1 amide bonds. The van der Waals surface area contributed by atoms with E-state index in [1.54, 1.807) is 19.1 Å². The van der Waals surface area contributed by atoms with Crippen molar-refractivity contribution in [2.75, 3.05) is 30.8 Å². The van der Waals surface area contributed by atoms with Crippen molar-refractivity contribution in [2.45, 2.75) is 45.3 Å². The average Bonchev–Trinajstić information content (AvgIpc) is 2.78. The Hall–Kier alpha value is -2.29. The van der Waals surface area contributed by atoms with E-state index in [4.69, 9.17) is 16.3 Å². The Morgan fingerprint density at radius 1 is 1.12 bits per heavy atom. The van der Waals surface area contributed by atoms with E-state index < -0.39 is 22.0 Å². The van der Waals surface area contributed by atoms with Crippen molar-refractivity contribution in [3.8, 4) is 5.75 Å². The van der Waals surface area contributed by atoms with Gasteiger partial charge in [-0.2, -0.15) is 0 Å². The van der Waals surface area contributed by atoms with Crippen molar-refractivity contribution in [2.24, 2.45) is 0 Å². The Morgan fingerprint density at radius 3 is 2.36 bits per heavy atom. The van der Waals surface area contributed by atoms with E-state index in [-0.39, 0.29) is 5.69 Å². The van der Waals surface area contributed by atoms with E-state index in [1.807, 2.05) is 12.1 Å². The van der Waals surface area contributed by atoms with Crippen molar-refractivity contribution in [1.82, 2.24) is 10.2 Å². The number of anilines is 1. The van der Waals surface area contributed by atoms with Crippen LogP contribution in [0.15, 0.2) is 42.5 Å². The summed E-state index contributed by atoms with van der Waals surface area (Å²) >= 11 is 6.09. The largest absolute Gasteiger partial charge is 0.495 e. The van der Waals surface area contributed by atoms with Crippen LogP contribution < -0.4 is 14.4 Å². The molecule has 0 spiro atoms. The lowest BCUT2D eigenvalue weighted by Crippen LogP contribution is -2.47. The van der Waals surface area contributed by atoms with Crippen LogP contribution in [0.5, 0.6) is 5.75 Å². The molecule has 9 heteroatoms. The number of carbonyl (C=O) groups is 1. The lowest BCUT2D eigenvalue weighted by molar-refractivity contribution is -0.122. The van der Waals surface area contributed by atoms with Gasteiger partial charge in [-0.15, -0.1) is 0 Å². The second-order valence-corrected chi connectivity index (χ2v) is 10.7. The number of piperidine rings is 1. The SMILES string of the molecule is COc1ccc(Cl)cc1N([C@H](C)C(=O)NCc1ccc(CN2CCCCC2)cc1)S(C)(=O)=O. The molecule has 33 heavy (non-hydrogen) atoms. The summed E-state index contributed by atoms with van der Waals surface area (Å²) < 4.78 is 31.5. The molecule has 3 rings (SSSR count). The van der Waals surface area contributed by atoms with Crippen LogP contribution in [0, 0.1) is 0 Å². The highest BCUT2D eigenvalue weighted by atomic mass is 35.5. The number of amides is 1. The highest BCUT2D eigenvalue weighted by Crippen LogP contribution is 2.34. The molecule has 0 aliphatic carbocycles. The summed E-state index contributed by atoms with van der Waals surface area (Å²) in [7, 11) is -2.35. The minimum atomic E-state index is -3.79. The number of nitrogens with zero attached hydrogens (tertiary/aromatic N) is 2. The van der Waals surface area contributed by atoms with Gasteiger partial charge in [0.15, 0.2) is 0 Å². The third-order valence-electron chi connectivity index (χ3n) is 5.81. The quantitative estimate of drug-likeness (QED) is 0.574. The smallest absolute Gasteiger partial charge is 0.243 e. The molecule has 7 nitrogen and oxygen atoms in total. The number of rotatable bonds is 9. The van der Waals surface area contributed by atoms with Crippen molar-refractivity contribution in [1.29, 1.82) is 0 Å². The average molecular weight is 494 g/mol. The topological polar surface area (TPSA) is 79.0 Å². The summed E-state index contributed by atoms with van der Waals surface area (Å²) in [6.07, 6.45) is 4.88. The zero-order chi connectivity index (χ0) is 24.0. The highest BCUT2D eigenvalue weighted by Gasteiger charge is 2.31. The number of hydrogen-bond donors (Lipinski definition) is 1. The zero-order valence-corrected chi connectivity index (χ0v) is 21.0. The maximum absolute atomic E-state index is 12.9. The minimum Gasteiger partial charge on any atom is -0.495 e. The van der Waals surface area contributed by atoms with Crippen LogP contribution in [0.4, 0.5) is 5.69 Å². The zero-order valence-electron chi connectivity index (χ0n) is 19.4. The first-order valence-corrected chi connectivity index (χ1v) is 13.3. The van der Waals surface area contributed by atoms with Gasteiger partial charge < -0.3 is 10.1 Å². The lowest BCUT2D eigenvalue weighted by atomic mass is 10.1. The third kappa shape index (κ3) is 6.85. The molecule has 2 aromatic carbocycles. The number of sulfonamides is 1. The maximum atomic E-state index is 12.9. The summed E-state index contributed by atoms with van der Waals surface area (Å²) in [6, 6.07) is 11.8. The molecule has 2 aromatic rings. The molecule has 1 atom stereocenters. The Kier molecular flexibility index (Phi) is 8.62. The van der Waals surface area contributed by atoms with Crippen LogP contribution in [0.25, 0.3) is 0 Å². The minimum absolute atomic E-state index is 0.220. The molecule has 0 bridgehead atoms. The van der Waals surface area contributed by atoms with Gasteiger partial charge in [0, 0.05) is 18.1 Å². The molecule has 0 radical (unpaired) electrons. The molecule has 1 aliphatic rings. The fourth-order valence-electron chi connectivity index (χ4n) is 4.09. The maximum Gasteiger partial charge on any atom is 0.243 e. The molecule has 1 aliphatic heterocycles. The first-order chi connectivity index (χ1) is 15.7. The van der Waals surface area contributed by atoms with Gasteiger partial charge in [0.1, 0.15) is 11.8 Å². The van der Waals surface area contributed by atoms with Gasteiger partial charge in [-0.05, 0) is 62.2 Å². The van der Waals surface area contributed by atoms with Crippen molar-refractivity contribution < 1.29 is 17.9 Å². The van der Waals surface area contributed by atoms with Gasteiger partial charge in [0.25, 0.3) is 0 Å². The highest BCUT2D eigenvalue weighted by molar-refractivity contribution is 7.92. The van der Waals surface area contributed by atoms with Crippen LogP contribution in [0.2, 0.25) is 5.02 Å². The lowest BCUT2D eigenvalue weighted by Gasteiger charge is -2.29. The second kappa shape index (κ2) is 11.2. The first-order valence-electron chi connectivity index (χ1n) is 11.1. The number of nitrogens with one attached hydrogen (secondary N) is 1. The van der Waals surface area contributed by atoms with E-state index in [1.165, 1.54) is 38.0 Å². The molecule has 0 saturated carbocycles. The Bertz CT molecular complexity index is 1050. The molecule has 1 N–H and O–H groups in total. The predicted octanol–water partition coefficient (Wildman–Crippen LogP) is 3.81. The standard InChI is InChI=1S/C24H32ClN3O4S/c1-18(28(33(3,30)31)22-15-21(25)11-12-23(22)32-2)24(29)26-16-19-7-9-20(10-8-19)17-27-13-5-4-6-14-27/h7-12,15,18H,4-6,13-14,16-17H2,1-3H3,(H,26,29)/t18-/m1/s1. The van der Waals surface area contributed by atoms with Gasteiger partial charge in [0.2, 0.25) is 15.9 Å². The molecule has 1 fully saturated rings. The number of methoxy groups -OCH3 is 1. The van der Waals surface area contributed by atoms with Crippen molar-refractivity contribution in [3.05, 3.63) is 58.6 Å². The van der Waals surface area contributed by atoms with Gasteiger partial charge in [0.05, 0.1) is 19.1 Å².